The first kappa shape index (κ1) is 14.0. The lowest BCUT2D eigenvalue weighted by Gasteiger charge is -2.42. The zero-order valence-electron chi connectivity index (χ0n) is 11.6. The van der Waals surface area contributed by atoms with Crippen LogP contribution in [-0.4, -0.2) is 17.4 Å². The van der Waals surface area contributed by atoms with E-state index in [1.54, 1.807) is 24.3 Å². The lowest BCUT2D eigenvalue weighted by molar-refractivity contribution is 0.0746. The van der Waals surface area contributed by atoms with Crippen LogP contribution in [0.5, 0.6) is 0 Å². The van der Waals surface area contributed by atoms with Gasteiger partial charge in [0.2, 0.25) is 0 Å². The molecule has 1 aliphatic carbocycles. The van der Waals surface area contributed by atoms with Crippen LogP contribution in [0.2, 0.25) is 0 Å². The van der Waals surface area contributed by atoms with E-state index in [1.807, 2.05) is 0 Å². The Morgan fingerprint density at radius 2 is 1.79 bits per heavy atom. The van der Waals surface area contributed by atoms with Crippen LogP contribution in [0.15, 0.2) is 24.3 Å². The molecule has 2 rings (SSSR count). The molecule has 1 fully saturated rings. The number of ketones is 1. The Morgan fingerprint density at radius 1 is 1.21 bits per heavy atom. The van der Waals surface area contributed by atoms with E-state index in [2.05, 4.69) is 13.8 Å². The second-order valence-corrected chi connectivity index (χ2v) is 6.02. The number of anilines is 1. The summed E-state index contributed by atoms with van der Waals surface area (Å²) in [4.78, 5) is 12.6. The average molecular weight is 261 g/mol. The summed E-state index contributed by atoms with van der Waals surface area (Å²) in [6, 6.07) is 6.91. The van der Waals surface area contributed by atoms with Crippen molar-refractivity contribution in [3.05, 3.63) is 29.8 Å². The van der Waals surface area contributed by atoms with Crippen molar-refractivity contribution in [2.75, 3.05) is 5.73 Å². The Morgan fingerprint density at radius 3 is 2.32 bits per heavy atom. The van der Waals surface area contributed by atoms with Crippen molar-refractivity contribution in [1.29, 1.82) is 0 Å². The van der Waals surface area contributed by atoms with E-state index in [1.165, 1.54) is 0 Å². The van der Waals surface area contributed by atoms with E-state index < -0.39 is 5.54 Å². The van der Waals surface area contributed by atoms with Crippen molar-refractivity contribution in [2.24, 2.45) is 23.3 Å². The molecule has 0 bridgehead atoms. The molecule has 1 aromatic carbocycles. The molecular formula is C15H23N3O. The lowest BCUT2D eigenvalue weighted by Crippen LogP contribution is -2.58. The lowest BCUT2D eigenvalue weighted by atomic mass is 9.67. The average Bonchev–Trinajstić information content (AvgIpc) is 2.36. The van der Waals surface area contributed by atoms with Gasteiger partial charge in [0.05, 0.1) is 5.54 Å². The Hall–Kier alpha value is -1.39. The molecule has 0 heterocycles. The van der Waals surface area contributed by atoms with Crippen LogP contribution in [0.25, 0.3) is 0 Å². The van der Waals surface area contributed by atoms with Gasteiger partial charge < -0.3 is 17.2 Å². The van der Waals surface area contributed by atoms with E-state index >= 15 is 0 Å². The predicted molar refractivity (Wildman–Crippen MR) is 77.6 cm³/mol. The first-order valence-electron chi connectivity index (χ1n) is 6.78. The number of hydrogen-bond acceptors (Lipinski definition) is 4. The molecule has 0 aliphatic heterocycles. The normalized spacial score (nSPS) is 35.1. The second kappa shape index (κ2) is 4.94. The van der Waals surface area contributed by atoms with Gasteiger partial charge in [-0.05, 0) is 48.9 Å². The topological polar surface area (TPSA) is 95.1 Å². The van der Waals surface area contributed by atoms with Crippen LogP contribution in [-0.2, 0) is 0 Å². The Kier molecular flexibility index (Phi) is 3.65. The van der Waals surface area contributed by atoms with E-state index in [-0.39, 0.29) is 11.8 Å². The number of hydrogen-bond donors (Lipinski definition) is 3. The molecule has 1 aliphatic rings. The fraction of sp³-hybridized carbons (Fsp3) is 0.533. The number of nitrogen functional groups attached to an aromatic ring is 1. The summed E-state index contributed by atoms with van der Waals surface area (Å²) in [6.45, 7) is 4.24. The largest absolute Gasteiger partial charge is 0.399 e. The van der Waals surface area contributed by atoms with Crippen molar-refractivity contribution in [2.45, 2.75) is 38.3 Å². The fourth-order valence-corrected chi connectivity index (χ4v) is 2.98. The molecule has 0 amide bonds. The first-order chi connectivity index (χ1) is 8.83. The first-order valence-corrected chi connectivity index (χ1v) is 6.78. The van der Waals surface area contributed by atoms with Crippen LogP contribution >= 0.6 is 0 Å². The van der Waals surface area contributed by atoms with E-state index in [4.69, 9.17) is 17.2 Å². The van der Waals surface area contributed by atoms with Gasteiger partial charge in [-0.25, -0.2) is 0 Å². The van der Waals surface area contributed by atoms with Gasteiger partial charge in [-0.3, -0.25) is 4.79 Å². The number of rotatable bonds is 2. The molecule has 4 nitrogen and oxygen atoms in total. The van der Waals surface area contributed by atoms with E-state index in [0.29, 0.717) is 35.9 Å². The SMILES string of the molecule is CC1CC(N)(C(=O)c2ccc(N)cc2)CC(N)C1C. The minimum atomic E-state index is -0.846. The monoisotopic (exact) mass is 261 g/mol. The summed E-state index contributed by atoms with van der Waals surface area (Å²) in [5.74, 6) is 0.726. The molecule has 1 aromatic rings. The van der Waals surface area contributed by atoms with Gasteiger partial charge in [-0.15, -0.1) is 0 Å². The van der Waals surface area contributed by atoms with Gasteiger partial charge in [-0.1, -0.05) is 13.8 Å². The molecule has 0 radical (unpaired) electrons. The van der Waals surface area contributed by atoms with Gasteiger partial charge >= 0.3 is 0 Å². The number of benzene rings is 1. The predicted octanol–water partition coefficient (Wildman–Crippen LogP) is 1.54. The second-order valence-electron chi connectivity index (χ2n) is 6.02. The van der Waals surface area contributed by atoms with Crippen molar-refractivity contribution >= 4 is 11.5 Å². The zero-order chi connectivity index (χ0) is 14.2. The standard InChI is InChI=1S/C15H23N3O/c1-9-7-15(18,8-13(17)10(9)2)14(19)11-3-5-12(16)6-4-11/h3-6,9-10,13H,7-8,16-18H2,1-2H3. The summed E-state index contributed by atoms with van der Waals surface area (Å²) >= 11 is 0. The van der Waals surface area contributed by atoms with Gasteiger partial charge in [-0.2, -0.15) is 0 Å². The highest BCUT2D eigenvalue weighted by atomic mass is 16.1. The van der Waals surface area contributed by atoms with Crippen molar-refractivity contribution in [3.8, 4) is 0 Å². The highest BCUT2D eigenvalue weighted by molar-refractivity contribution is 6.03. The van der Waals surface area contributed by atoms with Crippen LogP contribution in [0.3, 0.4) is 0 Å². The Labute approximate surface area is 114 Å². The Bertz CT molecular complexity index is 457. The van der Waals surface area contributed by atoms with E-state index in [0.717, 1.165) is 0 Å². The number of Topliss-reactive ketones (excluding diaryl/α,β-unsaturated/α-hetero) is 1. The molecule has 4 unspecified atom stereocenters. The van der Waals surface area contributed by atoms with Gasteiger partial charge in [0.15, 0.2) is 5.78 Å². The molecule has 1 saturated carbocycles. The van der Waals surface area contributed by atoms with Crippen LogP contribution in [0.4, 0.5) is 5.69 Å². The van der Waals surface area contributed by atoms with Gasteiger partial charge in [0.1, 0.15) is 0 Å². The van der Waals surface area contributed by atoms with Crippen molar-refractivity contribution < 1.29 is 4.79 Å². The minimum absolute atomic E-state index is 0.0218. The third-order valence-electron chi connectivity index (χ3n) is 4.48. The molecule has 0 saturated heterocycles. The highest BCUT2D eigenvalue weighted by Crippen LogP contribution is 2.36. The quantitative estimate of drug-likeness (QED) is 0.556. The number of nitrogens with two attached hydrogens (primary N) is 3. The third kappa shape index (κ3) is 2.65. The van der Waals surface area contributed by atoms with Crippen molar-refractivity contribution in [1.82, 2.24) is 0 Å². The van der Waals surface area contributed by atoms with Crippen LogP contribution in [0, 0.1) is 11.8 Å². The molecule has 0 aromatic heterocycles. The number of carbonyl (C=O) groups is 1. The molecule has 19 heavy (non-hydrogen) atoms. The van der Waals surface area contributed by atoms with E-state index in [9.17, 15) is 4.79 Å². The summed E-state index contributed by atoms with van der Waals surface area (Å²) in [7, 11) is 0. The zero-order valence-corrected chi connectivity index (χ0v) is 11.6. The summed E-state index contributed by atoms with van der Waals surface area (Å²) in [5, 5.41) is 0. The fourth-order valence-electron chi connectivity index (χ4n) is 2.98. The molecule has 6 N–H and O–H groups in total. The maximum atomic E-state index is 12.6. The maximum Gasteiger partial charge on any atom is 0.182 e. The minimum Gasteiger partial charge on any atom is -0.399 e. The molecule has 0 spiro atoms. The van der Waals surface area contributed by atoms with Crippen molar-refractivity contribution in [3.63, 3.8) is 0 Å². The molecule has 4 atom stereocenters. The summed E-state index contributed by atoms with van der Waals surface area (Å²) in [5.41, 5.74) is 18.5. The van der Waals surface area contributed by atoms with Crippen LogP contribution in [0.1, 0.15) is 37.0 Å². The Balaban J connectivity index is 2.24. The third-order valence-corrected chi connectivity index (χ3v) is 4.48. The number of carbonyl (C=O) groups excluding carboxylic acids is 1. The van der Waals surface area contributed by atoms with Gasteiger partial charge in [0.25, 0.3) is 0 Å². The van der Waals surface area contributed by atoms with Crippen LogP contribution < -0.4 is 17.2 Å². The highest BCUT2D eigenvalue weighted by Gasteiger charge is 2.44. The molecule has 4 heteroatoms. The molecule has 104 valence electrons. The summed E-state index contributed by atoms with van der Waals surface area (Å²) < 4.78 is 0. The van der Waals surface area contributed by atoms with Gasteiger partial charge in [0, 0.05) is 17.3 Å². The molecular weight excluding hydrogens is 238 g/mol. The smallest absolute Gasteiger partial charge is 0.182 e. The maximum absolute atomic E-state index is 12.6. The summed E-state index contributed by atoms with van der Waals surface area (Å²) in [6.07, 6.45) is 1.23.